The first-order valence-electron chi connectivity index (χ1n) is 5.26. The van der Waals surface area contributed by atoms with Gasteiger partial charge in [0.25, 0.3) is 0 Å². The van der Waals surface area contributed by atoms with Gasteiger partial charge in [0.15, 0.2) is 0 Å². The normalized spacial score (nSPS) is 11.1. The first kappa shape index (κ1) is 11.0. The molecule has 82 valence electrons. The highest BCUT2D eigenvalue weighted by atomic mass is 32.1. The summed E-state index contributed by atoms with van der Waals surface area (Å²) in [5.41, 5.74) is 1.17. The van der Waals surface area contributed by atoms with E-state index in [0.29, 0.717) is 12.4 Å². The van der Waals surface area contributed by atoms with Crippen molar-refractivity contribution in [3.63, 3.8) is 0 Å². The van der Waals surface area contributed by atoms with Crippen LogP contribution in [0.4, 0.5) is 0 Å². The number of allylic oxidation sites excluding steroid dienone is 1. The molecular formula is C14H14OS. The highest BCUT2D eigenvalue weighted by Crippen LogP contribution is 2.22. The predicted octanol–water partition coefficient (Wildman–Crippen LogP) is 4.46. The van der Waals surface area contributed by atoms with E-state index in [0.717, 1.165) is 0 Å². The van der Waals surface area contributed by atoms with Crippen LogP contribution in [0.2, 0.25) is 0 Å². The Kier molecular flexibility index (Phi) is 3.42. The molecule has 2 rings (SSSR count). The first-order chi connectivity index (χ1) is 7.79. The molecule has 0 bridgehead atoms. The van der Waals surface area contributed by atoms with Gasteiger partial charge in [-0.2, -0.15) is 0 Å². The molecule has 1 aromatic carbocycles. The van der Waals surface area contributed by atoms with Gasteiger partial charge in [-0.05, 0) is 47.5 Å². The molecule has 0 amide bonds. The third-order valence-electron chi connectivity index (χ3n) is 2.27. The number of hydrogen-bond acceptors (Lipinski definition) is 2. The van der Waals surface area contributed by atoms with Crippen LogP contribution < -0.4 is 0 Å². The Morgan fingerprint density at radius 2 is 2.31 bits per heavy atom. The zero-order chi connectivity index (χ0) is 11.4. The van der Waals surface area contributed by atoms with E-state index in [1.165, 1.54) is 15.6 Å². The Balaban J connectivity index is 2.17. The Labute approximate surface area is 99.7 Å². The van der Waals surface area contributed by atoms with Crippen LogP contribution in [0.5, 0.6) is 0 Å². The second-order valence-electron chi connectivity index (χ2n) is 3.45. The Hall–Kier alpha value is -1.54. The van der Waals surface area contributed by atoms with Crippen LogP contribution in [0.25, 0.3) is 16.2 Å². The molecule has 0 aliphatic heterocycles. The summed E-state index contributed by atoms with van der Waals surface area (Å²) in [4.78, 5) is 0. The monoisotopic (exact) mass is 230 g/mol. The molecule has 0 spiro atoms. The van der Waals surface area contributed by atoms with E-state index in [-0.39, 0.29) is 0 Å². The van der Waals surface area contributed by atoms with E-state index in [2.05, 4.69) is 36.2 Å². The van der Waals surface area contributed by atoms with Crippen molar-refractivity contribution in [2.24, 2.45) is 0 Å². The van der Waals surface area contributed by atoms with Gasteiger partial charge < -0.3 is 4.74 Å². The molecule has 0 saturated carbocycles. The molecule has 2 aromatic rings. The molecule has 0 N–H and O–H groups in total. The van der Waals surface area contributed by atoms with Crippen molar-refractivity contribution in [2.45, 2.75) is 6.92 Å². The fourth-order valence-electron chi connectivity index (χ4n) is 1.51. The quantitative estimate of drug-likeness (QED) is 0.556. The fourth-order valence-corrected chi connectivity index (χ4v) is 2.28. The van der Waals surface area contributed by atoms with E-state index in [9.17, 15) is 0 Å². The standard InChI is InChI=1S/C14H14OS/c1-3-15-11(2)4-5-12-6-7-14-13(10-12)8-9-16-14/h4-10H,2-3H2,1H3/b5-4-. The lowest BCUT2D eigenvalue weighted by atomic mass is 10.1. The van der Waals surface area contributed by atoms with E-state index in [4.69, 9.17) is 4.74 Å². The maximum atomic E-state index is 5.26. The van der Waals surface area contributed by atoms with Crippen LogP contribution in [0.1, 0.15) is 12.5 Å². The molecule has 1 heterocycles. The van der Waals surface area contributed by atoms with Gasteiger partial charge >= 0.3 is 0 Å². The van der Waals surface area contributed by atoms with Gasteiger partial charge in [-0.25, -0.2) is 0 Å². The summed E-state index contributed by atoms with van der Waals surface area (Å²) in [6.45, 7) is 6.42. The minimum Gasteiger partial charge on any atom is -0.495 e. The van der Waals surface area contributed by atoms with Crippen molar-refractivity contribution in [1.29, 1.82) is 0 Å². The van der Waals surface area contributed by atoms with Crippen LogP contribution in [0.3, 0.4) is 0 Å². The SMILES string of the molecule is C=C(/C=C\c1ccc2sccc2c1)OCC. The summed E-state index contributed by atoms with van der Waals surface area (Å²) >= 11 is 1.76. The van der Waals surface area contributed by atoms with E-state index < -0.39 is 0 Å². The first-order valence-corrected chi connectivity index (χ1v) is 6.14. The van der Waals surface area contributed by atoms with Crippen LogP contribution in [0.15, 0.2) is 48.1 Å². The van der Waals surface area contributed by atoms with Gasteiger partial charge in [-0.3, -0.25) is 0 Å². The van der Waals surface area contributed by atoms with Gasteiger partial charge in [-0.1, -0.05) is 18.7 Å². The number of hydrogen-bond donors (Lipinski definition) is 0. The smallest absolute Gasteiger partial charge is 0.112 e. The molecule has 0 aliphatic rings. The predicted molar refractivity (Wildman–Crippen MR) is 71.6 cm³/mol. The van der Waals surface area contributed by atoms with Crippen molar-refractivity contribution in [1.82, 2.24) is 0 Å². The molecule has 0 aliphatic carbocycles. The van der Waals surface area contributed by atoms with Crippen LogP contribution in [-0.4, -0.2) is 6.61 Å². The second-order valence-corrected chi connectivity index (χ2v) is 4.40. The lowest BCUT2D eigenvalue weighted by molar-refractivity contribution is 0.244. The van der Waals surface area contributed by atoms with E-state index in [1.54, 1.807) is 11.3 Å². The number of fused-ring (bicyclic) bond motifs is 1. The van der Waals surface area contributed by atoms with Crippen molar-refractivity contribution in [3.05, 3.63) is 53.6 Å². The summed E-state index contributed by atoms with van der Waals surface area (Å²) in [6, 6.07) is 8.55. The maximum absolute atomic E-state index is 5.26. The average molecular weight is 230 g/mol. The van der Waals surface area contributed by atoms with Crippen molar-refractivity contribution in [2.75, 3.05) is 6.61 Å². The lowest BCUT2D eigenvalue weighted by Gasteiger charge is -2.00. The molecular weight excluding hydrogens is 216 g/mol. The molecule has 1 aromatic heterocycles. The largest absolute Gasteiger partial charge is 0.495 e. The number of ether oxygens (including phenoxy) is 1. The molecule has 0 fully saturated rings. The molecule has 0 unspecified atom stereocenters. The van der Waals surface area contributed by atoms with Crippen LogP contribution in [-0.2, 0) is 4.74 Å². The summed E-state index contributed by atoms with van der Waals surface area (Å²) in [6.07, 6.45) is 3.92. The van der Waals surface area contributed by atoms with Crippen LogP contribution in [0, 0.1) is 0 Å². The van der Waals surface area contributed by atoms with Gasteiger partial charge in [0.1, 0.15) is 5.76 Å². The number of thiophene rings is 1. The molecule has 16 heavy (non-hydrogen) atoms. The van der Waals surface area contributed by atoms with Crippen LogP contribution >= 0.6 is 11.3 Å². The molecule has 2 heteroatoms. The zero-order valence-corrected chi connectivity index (χ0v) is 10.1. The number of rotatable bonds is 4. The Bertz CT molecular complexity index is 522. The van der Waals surface area contributed by atoms with Gasteiger partial charge in [-0.15, -0.1) is 11.3 Å². The summed E-state index contributed by atoms with van der Waals surface area (Å²) < 4.78 is 6.58. The summed E-state index contributed by atoms with van der Waals surface area (Å²) in [5.74, 6) is 0.702. The third kappa shape index (κ3) is 2.52. The van der Waals surface area contributed by atoms with Crippen molar-refractivity contribution in [3.8, 4) is 0 Å². The van der Waals surface area contributed by atoms with Crippen molar-refractivity contribution >= 4 is 27.5 Å². The molecule has 0 radical (unpaired) electrons. The second kappa shape index (κ2) is 4.99. The minimum absolute atomic E-state index is 0.659. The van der Waals surface area contributed by atoms with Crippen molar-refractivity contribution < 1.29 is 4.74 Å². The van der Waals surface area contributed by atoms with E-state index >= 15 is 0 Å². The minimum atomic E-state index is 0.659. The maximum Gasteiger partial charge on any atom is 0.112 e. The van der Waals surface area contributed by atoms with E-state index in [1.807, 2.05) is 19.1 Å². The molecule has 0 saturated heterocycles. The van der Waals surface area contributed by atoms with Gasteiger partial charge in [0, 0.05) is 4.70 Å². The Morgan fingerprint density at radius 3 is 3.12 bits per heavy atom. The van der Waals surface area contributed by atoms with Gasteiger partial charge in [0.05, 0.1) is 6.61 Å². The zero-order valence-electron chi connectivity index (χ0n) is 9.27. The average Bonchev–Trinajstić information content (AvgIpc) is 2.74. The fraction of sp³-hybridized carbons (Fsp3) is 0.143. The molecule has 1 nitrogen and oxygen atoms in total. The number of benzene rings is 1. The third-order valence-corrected chi connectivity index (χ3v) is 3.17. The summed E-state index contributed by atoms with van der Waals surface area (Å²) in [5, 5.41) is 3.39. The summed E-state index contributed by atoms with van der Waals surface area (Å²) in [7, 11) is 0. The van der Waals surface area contributed by atoms with Gasteiger partial charge in [0.2, 0.25) is 0 Å². The highest BCUT2D eigenvalue weighted by Gasteiger charge is 1.95. The Morgan fingerprint density at radius 1 is 1.44 bits per heavy atom. The highest BCUT2D eigenvalue weighted by molar-refractivity contribution is 7.17. The topological polar surface area (TPSA) is 9.23 Å². The molecule has 0 atom stereocenters. The lowest BCUT2D eigenvalue weighted by Crippen LogP contribution is -1.84.